The smallest absolute Gasteiger partial charge is 0.245 e. The van der Waals surface area contributed by atoms with Gasteiger partial charge in [0.25, 0.3) is 0 Å². The normalized spacial score (nSPS) is 18.7. The van der Waals surface area contributed by atoms with Crippen LogP contribution >= 0.6 is 0 Å². The highest BCUT2D eigenvalue weighted by Crippen LogP contribution is 2.38. The van der Waals surface area contributed by atoms with Gasteiger partial charge in [0.2, 0.25) is 17.7 Å². The number of fused-ring (bicyclic) bond motifs is 1. The minimum Gasteiger partial charge on any atom is -0.436 e. The summed E-state index contributed by atoms with van der Waals surface area (Å²) in [5.41, 5.74) is 6.86. The SMILES string of the molecule is C=C1CCN(C(=O)C(c2ccccc2)N(C)C)C1c1nc2ccc(-c3cnc(-c4ccc(C)c(NC(=O)C5CCCN5)c4)o3)cc2[nH]1. The molecule has 0 radical (unpaired) electrons. The maximum atomic E-state index is 14.0. The minimum atomic E-state index is -0.411. The van der Waals surface area contributed by atoms with E-state index in [0.29, 0.717) is 24.0 Å². The van der Waals surface area contributed by atoms with Crippen molar-refractivity contribution in [2.24, 2.45) is 0 Å². The van der Waals surface area contributed by atoms with Crippen molar-refractivity contribution < 1.29 is 14.0 Å². The molecular weight excluding hydrogens is 590 g/mol. The summed E-state index contributed by atoms with van der Waals surface area (Å²) in [7, 11) is 3.86. The molecule has 2 fully saturated rings. The van der Waals surface area contributed by atoms with Gasteiger partial charge in [-0.05, 0) is 93.9 Å². The van der Waals surface area contributed by atoms with Crippen LogP contribution in [0.3, 0.4) is 0 Å². The van der Waals surface area contributed by atoms with Gasteiger partial charge in [0.05, 0.1) is 23.3 Å². The van der Waals surface area contributed by atoms with Crippen LogP contribution in [-0.4, -0.2) is 69.8 Å². The zero-order valence-electron chi connectivity index (χ0n) is 26.9. The molecule has 4 heterocycles. The molecule has 0 spiro atoms. The van der Waals surface area contributed by atoms with E-state index in [1.165, 1.54) is 0 Å². The third-order valence-electron chi connectivity index (χ3n) is 9.19. The highest BCUT2D eigenvalue weighted by atomic mass is 16.4. The Kier molecular flexibility index (Phi) is 8.21. The van der Waals surface area contributed by atoms with E-state index in [2.05, 4.69) is 27.2 Å². The molecule has 2 aromatic heterocycles. The van der Waals surface area contributed by atoms with Gasteiger partial charge in [-0.2, -0.15) is 0 Å². The maximum absolute atomic E-state index is 14.0. The number of aromatic nitrogens is 3. The number of imidazole rings is 1. The number of carbonyl (C=O) groups is 2. The maximum Gasteiger partial charge on any atom is 0.245 e. The molecule has 10 heteroatoms. The number of likely N-dealkylation sites (N-methyl/N-ethyl adjacent to an activating group) is 1. The first-order valence-electron chi connectivity index (χ1n) is 16.1. The Bertz CT molecular complexity index is 1960. The van der Waals surface area contributed by atoms with Gasteiger partial charge in [-0.1, -0.05) is 43.0 Å². The number of aromatic amines is 1. The van der Waals surface area contributed by atoms with E-state index in [1.54, 1.807) is 6.20 Å². The van der Waals surface area contributed by atoms with Gasteiger partial charge in [-0.15, -0.1) is 0 Å². The predicted molar refractivity (Wildman–Crippen MR) is 182 cm³/mol. The van der Waals surface area contributed by atoms with Crippen LogP contribution in [-0.2, 0) is 9.59 Å². The van der Waals surface area contributed by atoms with E-state index in [0.717, 1.165) is 70.4 Å². The number of oxazole rings is 1. The molecule has 7 rings (SSSR count). The molecule has 5 aromatic rings. The molecule has 0 bridgehead atoms. The summed E-state index contributed by atoms with van der Waals surface area (Å²) in [5, 5.41) is 6.31. The van der Waals surface area contributed by atoms with Gasteiger partial charge in [-0.25, -0.2) is 9.97 Å². The quantitative estimate of drug-likeness (QED) is 0.180. The zero-order valence-corrected chi connectivity index (χ0v) is 26.9. The van der Waals surface area contributed by atoms with Crippen LogP contribution in [0, 0.1) is 6.92 Å². The number of nitrogens with one attached hydrogen (secondary N) is 3. The van der Waals surface area contributed by atoms with Gasteiger partial charge in [0.1, 0.15) is 17.9 Å². The standard InChI is InChI=1S/C37H39N7O3/c1-22-12-13-26(20-29(22)42-35(45)28-11-8-17-38-28)36-39-21-31(47-36)25-14-15-27-30(19-25)41-34(40-27)32-23(2)16-18-44(32)37(46)33(43(3)4)24-9-6-5-7-10-24/h5-7,9-10,12-15,19-21,28,32-33,38H,2,8,11,16-18H2,1,3-4H3,(H,40,41)(H,42,45). The van der Waals surface area contributed by atoms with Crippen molar-refractivity contribution in [3.63, 3.8) is 0 Å². The summed E-state index contributed by atoms with van der Waals surface area (Å²) in [6.45, 7) is 7.74. The van der Waals surface area contributed by atoms with Crippen molar-refractivity contribution >= 4 is 28.5 Å². The van der Waals surface area contributed by atoms with Crippen LogP contribution in [0.5, 0.6) is 0 Å². The molecule has 3 N–H and O–H groups in total. The average Bonchev–Trinajstić information content (AvgIpc) is 3.89. The van der Waals surface area contributed by atoms with Crippen LogP contribution < -0.4 is 10.6 Å². The summed E-state index contributed by atoms with van der Waals surface area (Å²) in [5.74, 6) is 1.77. The molecule has 3 atom stereocenters. The monoisotopic (exact) mass is 629 g/mol. The Morgan fingerprint density at radius 3 is 2.66 bits per heavy atom. The Hall–Kier alpha value is -5.06. The summed E-state index contributed by atoms with van der Waals surface area (Å²) >= 11 is 0. The highest BCUT2D eigenvalue weighted by molar-refractivity contribution is 5.96. The Morgan fingerprint density at radius 2 is 1.89 bits per heavy atom. The number of nitrogens with zero attached hydrogens (tertiary/aromatic N) is 4. The summed E-state index contributed by atoms with van der Waals surface area (Å²) in [6.07, 6.45) is 4.27. The first-order chi connectivity index (χ1) is 22.8. The van der Waals surface area contributed by atoms with Crippen molar-refractivity contribution in [3.8, 4) is 22.8 Å². The molecule has 240 valence electrons. The van der Waals surface area contributed by atoms with E-state index in [9.17, 15) is 9.59 Å². The van der Waals surface area contributed by atoms with E-state index >= 15 is 0 Å². The van der Waals surface area contributed by atoms with Crippen molar-refractivity contribution in [2.45, 2.75) is 44.3 Å². The van der Waals surface area contributed by atoms with Crippen molar-refractivity contribution in [2.75, 3.05) is 32.5 Å². The minimum absolute atomic E-state index is 0.0224. The Labute approximate surface area is 273 Å². The van der Waals surface area contributed by atoms with Crippen LogP contribution in [0.4, 0.5) is 5.69 Å². The average molecular weight is 630 g/mol. The predicted octanol–water partition coefficient (Wildman–Crippen LogP) is 6.02. The molecule has 3 aromatic carbocycles. The fraction of sp³-hybridized carbons (Fsp3) is 0.297. The lowest BCUT2D eigenvalue weighted by Gasteiger charge is -2.31. The lowest BCUT2D eigenvalue weighted by Crippen LogP contribution is -2.40. The van der Waals surface area contributed by atoms with Crippen LogP contribution in [0.2, 0.25) is 0 Å². The molecule has 0 aliphatic carbocycles. The zero-order chi connectivity index (χ0) is 32.7. The first-order valence-corrected chi connectivity index (χ1v) is 16.1. The second-order valence-electron chi connectivity index (χ2n) is 12.7. The van der Waals surface area contributed by atoms with Crippen molar-refractivity contribution in [1.29, 1.82) is 0 Å². The van der Waals surface area contributed by atoms with Crippen molar-refractivity contribution in [3.05, 3.63) is 102 Å². The number of carbonyl (C=O) groups excluding carboxylic acids is 2. The highest BCUT2D eigenvalue weighted by Gasteiger charge is 2.39. The Morgan fingerprint density at radius 1 is 1.09 bits per heavy atom. The summed E-state index contributed by atoms with van der Waals surface area (Å²) in [4.78, 5) is 43.5. The molecule has 3 unspecified atom stereocenters. The first kappa shape index (κ1) is 30.6. The number of anilines is 1. The van der Waals surface area contributed by atoms with Gasteiger partial charge in [0, 0.05) is 23.4 Å². The number of aryl methyl sites for hydroxylation is 1. The van der Waals surface area contributed by atoms with E-state index in [4.69, 9.17) is 9.40 Å². The molecule has 2 amide bonds. The lowest BCUT2D eigenvalue weighted by molar-refractivity contribution is -0.137. The van der Waals surface area contributed by atoms with Gasteiger partial charge in [0.15, 0.2) is 5.76 Å². The second-order valence-corrected chi connectivity index (χ2v) is 12.7. The number of hydrogen-bond donors (Lipinski definition) is 3. The molecular formula is C37H39N7O3. The van der Waals surface area contributed by atoms with Crippen molar-refractivity contribution in [1.82, 2.24) is 30.1 Å². The van der Waals surface area contributed by atoms with Crippen LogP contribution in [0.25, 0.3) is 33.8 Å². The number of H-pyrrole nitrogens is 1. The number of likely N-dealkylation sites (tertiary alicyclic amines) is 1. The molecule has 2 saturated heterocycles. The fourth-order valence-electron chi connectivity index (χ4n) is 6.65. The van der Waals surface area contributed by atoms with Crippen LogP contribution in [0.15, 0.2) is 89.5 Å². The number of hydrogen-bond acceptors (Lipinski definition) is 7. The largest absolute Gasteiger partial charge is 0.436 e. The van der Waals surface area contributed by atoms with Gasteiger partial charge in [-0.3, -0.25) is 14.5 Å². The topological polar surface area (TPSA) is 119 Å². The third kappa shape index (κ3) is 5.97. The Balaban J connectivity index is 1.13. The molecule has 10 nitrogen and oxygen atoms in total. The van der Waals surface area contributed by atoms with E-state index < -0.39 is 6.04 Å². The fourth-order valence-corrected chi connectivity index (χ4v) is 6.65. The van der Waals surface area contributed by atoms with E-state index in [-0.39, 0.29) is 23.9 Å². The van der Waals surface area contributed by atoms with Crippen LogP contribution in [0.1, 0.15) is 48.3 Å². The molecule has 0 saturated carbocycles. The third-order valence-corrected chi connectivity index (χ3v) is 9.19. The summed E-state index contributed by atoms with van der Waals surface area (Å²) in [6, 6.07) is 20.6. The second kappa shape index (κ2) is 12.6. The molecule has 2 aliphatic rings. The summed E-state index contributed by atoms with van der Waals surface area (Å²) < 4.78 is 6.23. The van der Waals surface area contributed by atoms with Gasteiger partial charge < -0.3 is 24.9 Å². The lowest BCUT2D eigenvalue weighted by atomic mass is 10.0. The molecule has 47 heavy (non-hydrogen) atoms. The number of amides is 2. The number of rotatable bonds is 8. The number of benzene rings is 3. The van der Waals surface area contributed by atoms with E-state index in [1.807, 2.05) is 97.5 Å². The van der Waals surface area contributed by atoms with Gasteiger partial charge >= 0.3 is 0 Å². The molecule has 2 aliphatic heterocycles.